The molecule has 2 aromatic heterocycles. The van der Waals surface area contributed by atoms with Crippen molar-refractivity contribution < 1.29 is 48.7 Å². The standard InChI is InChI=1S/C60H54N4O10S2/c1-33-16-18-42(64(31-52(68)69)32-53(70)71)47(24-33)72-22-23-73-48-25-34(17-19-41(48)63(20-21-65)30-51(66)67)54-39-26-37-43(61(6)59(2,3)55-35-12-8-10-14-49(35)75-57(37)55)28-45(39)74-46-29-44-38(27-40(46)54)58-56(60(4,5)62(44)7)36-13-9-11-15-50(36)76-58/h8-19,21,24-29H,20,22-23,30-32H2,1-7H3,(H2-,66,67,68,69,70,71)/p+1. The molecule has 11 rings (SSSR count). The Labute approximate surface area is 446 Å². The Hall–Kier alpha value is -8.21. The third-order valence-corrected chi connectivity index (χ3v) is 17.6. The lowest BCUT2D eigenvalue weighted by molar-refractivity contribution is -0.137. The van der Waals surface area contributed by atoms with Gasteiger partial charge in [0.05, 0.1) is 40.0 Å². The summed E-state index contributed by atoms with van der Waals surface area (Å²) in [4.78, 5) is 55.6. The molecule has 0 radical (unpaired) electrons. The summed E-state index contributed by atoms with van der Waals surface area (Å²) in [5, 5.41) is 33.7. The second kappa shape index (κ2) is 18.9. The monoisotopic (exact) mass is 1060 g/mol. The van der Waals surface area contributed by atoms with Crippen LogP contribution in [0.2, 0.25) is 0 Å². The number of rotatable bonds is 16. The van der Waals surface area contributed by atoms with Gasteiger partial charge >= 0.3 is 17.9 Å². The number of ether oxygens (including phenoxy) is 3. The lowest BCUT2D eigenvalue weighted by Crippen LogP contribution is -2.46. The molecule has 3 aliphatic rings. The highest BCUT2D eigenvalue weighted by atomic mass is 32.1. The van der Waals surface area contributed by atoms with Gasteiger partial charge in [-0.25, -0.2) is 4.58 Å². The van der Waals surface area contributed by atoms with Crippen LogP contribution in [0, 0.1) is 6.92 Å². The normalized spacial score (nSPS) is 14.4. The summed E-state index contributed by atoms with van der Waals surface area (Å²) in [5.41, 5.74) is 8.84. The number of aliphatic carboxylic acids is 3. The Morgan fingerprint density at radius 2 is 1.26 bits per heavy atom. The number of hydrogen-bond donors (Lipinski definition) is 3. The van der Waals surface area contributed by atoms with E-state index in [9.17, 15) is 34.5 Å². The first-order valence-corrected chi connectivity index (χ1v) is 26.5. The van der Waals surface area contributed by atoms with Crippen LogP contribution in [0.1, 0.15) is 55.5 Å². The summed E-state index contributed by atoms with van der Waals surface area (Å²) in [6.07, 6.45) is 0.649. The Morgan fingerprint density at radius 3 is 1.91 bits per heavy atom. The molecule has 0 aliphatic carbocycles. The van der Waals surface area contributed by atoms with Crippen LogP contribution < -0.4 is 44.1 Å². The average Bonchev–Trinajstić information content (AvgIpc) is 4.08. The van der Waals surface area contributed by atoms with Crippen LogP contribution in [0.4, 0.5) is 17.1 Å². The molecule has 0 atom stereocenters. The highest BCUT2D eigenvalue weighted by Crippen LogP contribution is 2.56. The Kier molecular flexibility index (Phi) is 12.4. The first-order valence-electron chi connectivity index (χ1n) is 24.9. The third-order valence-electron chi connectivity index (χ3n) is 15.2. The fraction of sp³-hybridized carbons (Fsp3) is 0.250. The van der Waals surface area contributed by atoms with E-state index in [0.717, 1.165) is 49.7 Å². The minimum absolute atomic E-state index is 0.0716. The van der Waals surface area contributed by atoms with Crippen LogP contribution >= 0.6 is 22.7 Å². The minimum atomic E-state index is -1.21. The van der Waals surface area contributed by atoms with Gasteiger partial charge in [0.1, 0.15) is 69.2 Å². The Balaban J connectivity index is 1.11. The van der Waals surface area contributed by atoms with Crippen LogP contribution in [0.3, 0.4) is 0 Å². The number of benzene rings is 6. The number of carbonyl (C=O) groups is 4. The highest BCUT2D eigenvalue weighted by molar-refractivity contribution is 7.23. The summed E-state index contributed by atoms with van der Waals surface area (Å²) in [7, 11) is 4.27. The zero-order valence-corrected chi connectivity index (χ0v) is 44.7. The van der Waals surface area contributed by atoms with E-state index in [-0.39, 0.29) is 48.0 Å². The van der Waals surface area contributed by atoms with Gasteiger partial charge in [-0.2, -0.15) is 0 Å². The fourth-order valence-electron chi connectivity index (χ4n) is 11.2. The van der Waals surface area contributed by atoms with Crippen molar-refractivity contribution in [2.45, 2.75) is 45.7 Å². The predicted molar refractivity (Wildman–Crippen MR) is 299 cm³/mol. The van der Waals surface area contributed by atoms with E-state index in [1.165, 1.54) is 50.9 Å². The van der Waals surface area contributed by atoms with Crippen LogP contribution in [-0.4, -0.2) is 93.0 Å². The van der Waals surface area contributed by atoms with E-state index in [1.807, 2.05) is 19.1 Å². The van der Waals surface area contributed by atoms with Gasteiger partial charge < -0.3 is 49.0 Å². The van der Waals surface area contributed by atoms with Gasteiger partial charge in [-0.15, -0.1) is 22.7 Å². The van der Waals surface area contributed by atoms with E-state index in [1.54, 1.807) is 46.9 Å². The molecule has 3 aliphatic heterocycles. The van der Waals surface area contributed by atoms with Gasteiger partial charge in [0.25, 0.3) is 0 Å². The van der Waals surface area contributed by atoms with Gasteiger partial charge in [-0.05, 0) is 85.8 Å². The number of carboxylic acid groups (broad SMARTS) is 3. The first kappa shape index (κ1) is 50.0. The van der Waals surface area contributed by atoms with Crippen LogP contribution in [0.15, 0.2) is 109 Å². The van der Waals surface area contributed by atoms with E-state index in [4.69, 9.17) is 14.2 Å². The second-order valence-electron chi connectivity index (χ2n) is 20.5. The van der Waals surface area contributed by atoms with Crippen molar-refractivity contribution >= 4 is 89.7 Å². The van der Waals surface area contributed by atoms with Crippen LogP contribution in [0.5, 0.6) is 23.0 Å². The van der Waals surface area contributed by atoms with E-state index < -0.39 is 37.5 Å². The Bertz CT molecular complexity index is 3900. The molecule has 0 unspecified atom stereocenters. The van der Waals surface area contributed by atoms with Crippen LogP contribution in [0.25, 0.3) is 46.6 Å². The van der Waals surface area contributed by atoms with Gasteiger partial charge in [-0.1, -0.05) is 48.5 Å². The number of thiophene rings is 2. The van der Waals surface area contributed by atoms with Gasteiger partial charge in [0, 0.05) is 85.4 Å². The van der Waals surface area contributed by atoms with E-state index in [2.05, 4.69) is 124 Å². The average molecular weight is 1060 g/mol. The maximum Gasteiger partial charge on any atom is 0.323 e. The molecule has 0 amide bonds. The van der Waals surface area contributed by atoms with Crippen LogP contribution in [-0.2, 0) is 30.3 Å². The number of aryl methyl sites for hydroxylation is 1. The van der Waals surface area contributed by atoms with E-state index >= 15 is 0 Å². The minimum Gasteiger partial charge on any atom is -0.488 e. The molecule has 0 bridgehead atoms. The SMILES string of the molecule is Cc1ccc(N(CC(=O)O)CC(=O)O)c(OCCOc2cc(C3=c4cc5c(cc4Oc4cc6c(cc43)-c3sc4ccccc4c3C(C)(C)N6C)=[N+](C)C(C)(C)c3c-5sc4ccccc34)ccc2N(CC=O)CC(=O)O)c1. The largest absolute Gasteiger partial charge is 0.488 e. The van der Waals surface area contributed by atoms with Crippen molar-refractivity contribution in [2.75, 3.05) is 68.2 Å². The lowest BCUT2D eigenvalue weighted by atomic mass is 9.81. The molecule has 76 heavy (non-hydrogen) atoms. The third kappa shape index (κ3) is 8.36. The molecule has 0 saturated heterocycles. The smallest absolute Gasteiger partial charge is 0.323 e. The number of aldehydes is 1. The summed E-state index contributed by atoms with van der Waals surface area (Å²) >= 11 is 3.56. The van der Waals surface area contributed by atoms with Crippen molar-refractivity contribution in [1.29, 1.82) is 0 Å². The number of carboxylic acids is 3. The first-order chi connectivity index (χ1) is 36.3. The highest BCUT2D eigenvalue weighted by Gasteiger charge is 2.43. The number of hydrogen-bond acceptors (Lipinski definition) is 12. The Morgan fingerprint density at radius 1 is 0.684 bits per heavy atom. The second-order valence-corrected chi connectivity index (χ2v) is 22.6. The summed E-state index contributed by atoms with van der Waals surface area (Å²) < 4.78 is 24.7. The van der Waals surface area contributed by atoms with Gasteiger partial charge in [-0.3, -0.25) is 14.4 Å². The summed E-state index contributed by atoms with van der Waals surface area (Å²) in [5.74, 6) is -1.69. The van der Waals surface area contributed by atoms with Crippen molar-refractivity contribution in [3.63, 3.8) is 0 Å². The molecule has 8 aromatic rings. The maximum atomic E-state index is 12.4. The summed E-state index contributed by atoms with van der Waals surface area (Å²) in [6.45, 7) is 8.85. The maximum absolute atomic E-state index is 12.4. The molecule has 5 heterocycles. The molecule has 0 fully saturated rings. The number of anilines is 3. The van der Waals surface area contributed by atoms with Crippen molar-refractivity contribution in [3.8, 4) is 43.9 Å². The molecule has 0 saturated carbocycles. The van der Waals surface area contributed by atoms with Crippen molar-refractivity contribution in [1.82, 2.24) is 4.58 Å². The number of fused-ring (bicyclic) bond motifs is 12. The zero-order chi connectivity index (χ0) is 53.5. The zero-order valence-electron chi connectivity index (χ0n) is 43.0. The molecule has 16 heteroatoms. The molecule has 386 valence electrons. The fourth-order valence-corrected chi connectivity index (χ4v) is 14.0. The predicted octanol–water partition coefficient (Wildman–Crippen LogP) is 9.69. The van der Waals surface area contributed by atoms with Crippen molar-refractivity contribution in [3.05, 3.63) is 148 Å². The lowest BCUT2D eigenvalue weighted by Gasteiger charge is -2.43. The quantitative estimate of drug-likeness (QED) is 0.0476. The van der Waals surface area contributed by atoms with Gasteiger partial charge in [0.2, 0.25) is 5.36 Å². The van der Waals surface area contributed by atoms with E-state index in [0.29, 0.717) is 23.5 Å². The molecule has 14 nitrogen and oxygen atoms in total. The number of nitrogens with zero attached hydrogens (tertiary/aromatic N) is 4. The molecular weight excluding hydrogens is 1000 g/mol. The molecule has 0 spiro atoms. The molecular formula is C60H55N4O10S2+. The molecule has 6 aromatic carbocycles. The summed E-state index contributed by atoms with van der Waals surface area (Å²) in [6, 6.07) is 36.5. The topological polar surface area (TPSA) is 169 Å². The van der Waals surface area contributed by atoms with Crippen molar-refractivity contribution in [2.24, 2.45) is 0 Å². The molecule has 3 N–H and O–H groups in total. The van der Waals surface area contributed by atoms with Gasteiger partial charge in [0.15, 0.2) is 5.54 Å². The number of carbonyl (C=O) groups excluding carboxylic acids is 1.